The van der Waals surface area contributed by atoms with Crippen LogP contribution in [0.15, 0.2) is 0 Å². The summed E-state index contributed by atoms with van der Waals surface area (Å²) in [5, 5.41) is 0. The number of thiol groups is 1. The molecule has 1 saturated heterocycles. The molecule has 2 heteroatoms. The highest BCUT2D eigenvalue weighted by Gasteiger charge is 2.16. The van der Waals surface area contributed by atoms with E-state index in [9.17, 15) is 0 Å². The molecule has 0 amide bonds. The van der Waals surface area contributed by atoms with Gasteiger partial charge in [0, 0.05) is 5.92 Å². The van der Waals surface area contributed by atoms with Crippen molar-refractivity contribution in [3.05, 3.63) is 0 Å². The predicted molar refractivity (Wildman–Crippen MR) is 42.0 cm³/mol. The summed E-state index contributed by atoms with van der Waals surface area (Å²) in [6.07, 6.45) is 3.94. The Balaban J connectivity index is 1.80. The second kappa shape index (κ2) is 4.18. The van der Waals surface area contributed by atoms with Crippen LogP contribution >= 0.6 is 12.6 Å². The van der Waals surface area contributed by atoms with E-state index in [1.165, 1.54) is 19.3 Å². The largest absolute Gasteiger partial charge is 0.381 e. The van der Waals surface area contributed by atoms with Crippen molar-refractivity contribution in [2.75, 3.05) is 19.0 Å². The van der Waals surface area contributed by atoms with Crippen molar-refractivity contribution in [2.45, 2.75) is 19.3 Å². The molecule has 1 fully saturated rings. The average Bonchev–Trinajstić information content (AvgIpc) is 1.76. The van der Waals surface area contributed by atoms with Crippen molar-refractivity contribution in [3.63, 3.8) is 0 Å². The second-order valence-corrected chi connectivity index (χ2v) is 3.07. The summed E-state index contributed by atoms with van der Waals surface area (Å²) in [6.45, 7) is 2.01. The Morgan fingerprint density at radius 3 is 2.56 bits per heavy atom. The van der Waals surface area contributed by atoms with Gasteiger partial charge in [-0.3, -0.25) is 0 Å². The fraction of sp³-hybridized carbons (Fsp3) is 1.00. The summed E-state index contributed by atoms with van der Waals surface area (Å²) < 4.78 is 5.05. The zero-order chi connectivity index (χ0) is 6.53. The van der Waals surface area contributed by atoms with Crippen molar-refractivity contribution in [2.24, 2.45) is 5.92 Å². The molecule has 0 aromatic rings. The third kappa shape index (κ3) is 2.59. The maximum Gasteiger partial charge on any atom is 0.0516 e. The lowest BCUT2D eigenvalue weighted by Gasteiger charge is -2.25. The molecule has 1 nitrogen and oxygen atoms in total. The summed E-state index contributed by atoms with van der Waals surface area (Å²) >= 11 is 4.14. The van der Waals surface area contributed by atoms with Gasteiger partial charge >= 0.3 is 0 Å². The standard InChI is InChI=1S/C7H14OS/c9-4-2-1-3-7-5-8-6-7/h7,9H,1-6H2. The van der Waals surface area contributed by atoms with Gasteiger partial charge in [-0.15, -0.1) is 0 Å². The summed E-state index contributed by atoms with van der Waals surface area (Å²) in [5.41, 5.74) is 0. The quantitative estimate of drug-likeness (QED) is 0.469. The molecule has 0 aromatic heterocycles. The zero-order valence-electron chi connectivity index (χ0n) is 5.68. The van der Waals surface area contributed by atoms with E-state index in [1.807, 2.05) is 0 Å². The lowest BCUT2D eigenvalue weighted by molar-refractivity contribution is -0.0362. The summed E-state index contributed by atoms with van der Waals surface area (Å²) in [6, 6.07) is 0. The molecule has 1 aliphatic rings. The number of hydrogen-bond donors (Lipinski definition) is 1. The minimum Gasteiger partial charge on any atom is -0.381 e. The first-order chi connectivity index (χ1) is 4.43. The van der Waals surface area contributed by atoms with Gasteiger partial charge in [-0.1, -0.05) is 6.42 Å². The van der Waals surface area contributed by atoms with Crippen LogP contribution in [-0.2, 0) is 4.74 Å². The number of rotatable bonds is 4. The van der Waals surface area contributed by atoms with Gasteiger partial charge in [-0.25, -0.2) is 0 Å². The number of unbranched alkanes of at least 4 members (excludes halogenated alkanes) is 1. The Hall–Kier alpha value is 0.310. The van der Waals surface area contributed by atoms with E-state index in [0.717, 1.165) is 24.9 Å². The highest BCUT2D eigenvalue weighted by atomic mass is 32.1. The van der Waals surface area contributed by atoms with Crippen LogP contribution in [0.25, 0.3) is 0 Å². The van der Waals surface area contributed by atoms with Crippen LogP contribution in [-0.4, -0.2) is 19.0 Å². The molecule has 0 radical (unpaired) electrons. The molecule has 1 rings (SSSR count). The molecule has 0 aromatic carbocycles. The topological polar surface area (TPSA) is 9.23 Å². The van der Waals surface area contributed by atoms with Crippen LogP contribution in [0.3, 0.4) is 0 Å². The van der Waals surface area contributed by atoms with Crippen molar-refractivity contribution < 1.29 is 4.74 Å². The molecule has 0 N–H and O–H groups in total. The van der Waals surface area contributed by atoms with E-state index in [-0.39, 0.29) is 0 Å². The highest BCUT2D eigenvalue weighted by molar-refractivity contribution is 7.80. The number of hydrogen-bond acceptors (Lipinski definition) is 2. The molecule has 0 atom stereocenters. The van der Waals surface area contributed by atoms with Gasteiger partial charge < -0.3 is 4.74 Å². The molecule has 9 heavy (non-hydrogen) atoms. The predicted octanol–water partition coefficient (Wildman–Crippen LogP) is 1.73. The van der Waals surface area contributed by atoms with Crippen molar-refractivity contribution in [1.82, 2.24) is 0 Å². The van der Waals surface area contributed by atoms with Crippen molar-refractivity contribution in [1.29, 1.82) is 0 Å². The van der Waals surface area contributed by atoms with Crippen LogP contribution in [0.5, 0.6) is 0 Å². The second-order valence-electron chi connectivity index (χ2n) is 2.62. The van der Waals surface area contributed by atoms with Gasteiger partial charge in [-0.2, -0.15) is 12.6 Å². The van der Waals surface area contributed by atoms with E-state index in [2.05, 4.69) is 12.6 Å². The molecule has 0 aliphatic carbocycles. The molecule has 0 spiro atoms. The molecule has 0 bridgehead atoms. The fourth-order valence-corrected chi connectivity index (χ4v) is 1.22. The Morgan fingerprint density at radius 2 is 2.11 bits per heavy atom. The van der Waals surface area contributed by atoms with E-state index in [0.29, 0.717) is 0 Å². The lowest BCUT2D eigenvalue weighted by atomic mass is 10.0. The van der Waals surface area contributed by atoms with Gasteiger partial charge in [0.15, 0.2) is 0 Å². The Kier molecular flexibility index (Phi) is 3.44. The third-order valence-electron chi connectivity index (χ3n) is 1.73. The van der Waals surface area contributed by atoms with Crippen LogP contribution in [0, 0.1) is 5.92 Å². The van der Waals surface area contributed by atoms with Gasteiger partial charge in [0.2, 0.25) is 0 Å². The molecule has 1 aliphatic heterocycles. The Bertz CT molecular complexity index is 71.3. The highest BCUT2D eigenvalue weighted by Crippen LogP contribution is 2.16. The van der Waals surface area contributed by atoms with E-state index >= 15 is 0 Å². The van der Waals surface area contributed by atoms with Gasteiger partial charge in [-0.05, 0) is 18.6 Å². The maximum atomic E-state index is 5.05. The minimum absolute atomic E-state index is 0.880. The van der Waals surface area contributed by atoms with Crippen LogP contribution in [0.4, 0.5) is 0 Å². The fourth-order valence-electron chi connectivity index (χ4n) is 0.996. The first-order valence-corrected chi connectivity index (χ1v) is 4.25. The zero-order valence-corrected chi connectivity index (χ0v) is 6.57. The first kappa shape index (κ1) is 7.42. The molecule has 0 saturated carbocycles. The Labute approximate surface area is 62.2 Å². The smallest absolute Gasteiger partial charge is 0.0516 e. The van der Waals surface area contributed by atoms with Crippen LogP contribution in [0.2, 0.25) is 0 Å². The lowest BCUT2D eigenvalue weighted by Crippen LogP contribution is -2.27. The van der Waals surface area contributed by atoms with Gasteiger partial charge in [0.1, 0.15) is 0 Å². The third-order valence-corrected chi connectivity index (χ3v) is 2.04. The SMILES string of the molecule is SCCCCC1COC1. The van der Waals surface area contributed by atoms with Crippen molar-refractivity contribution in [3.8, 4) is 0 Å². The molecule has 54 valence electrons. The van der Waals surface area contributed by atoms with E-state index < -0.39 is 0 Å². The monoisotopic (exact) mass is 146 g/mol. The molecular weight excluding hydrogens is 132 g/mol. The summed E-state index contributed by atoms with van der Waals surface area (Å²) in [4.78, 5) is 0. The van der Waals surface area contributed by atoms with E-state index in [4.69, 9.17) is 4.74 Å². The van der Waals surface area contributed by atoms with E-state index in [1.54, 1.807) is 0 Å². The van der Waals surface area contributed by atoms with Crippen LogP contribution < -0.4 is 0 Å². The summed E-state index contributed by atoms with van der Waals surface area (Å²) in [5.74, 6) is 1.91. The summed E-state index contributed by atoms with van der Waals surface area (Å²) in [7, 11) is 0. The first-order valence-electron chi connectivity index (χ1n) is 3.62. The molecule has 1 heterocycles. The minimum atomic E-state index is 0.880. The normalized spacial score (nSPS) is 19.7. The average molecular weight is 146 g/mol. The molecule has 0 unspecified atom stereocenters. The molecular formula is C7H14OS. The maximum absolute atomic E-state index is 5.05. The number of ether oxygens (including phenoxy) is 1. The van der Waals surface area contributed by atoms with Crippen molar-refractivity contribution >= 4 is 12.6 Å². The van der Waals surface area contributed by atoms with Crippen LogP contribution in [0.1, 0.15) is 19.3 Å². The Morgan fingerprint density at radius 1 is 1.33 bits per heavy atom. The van der Waals surface area contributed by atoms with Gasteiger partial charge in [0.25, 0.3) is 0 Å². The van der Waals surface area contributed by atoms with Gasteiger partial charge in [0.05, 0.1) is 13.2 Å².